The Morgan fingerprint density at radius 2 is 1.78 bits per heavy atom. The second-order valence-corrected chi connectivity index (χ2v) is 6.18. The molecule has 1 N–H and O–H groups in total. The van der Waals surface area contributed by atoms with E-state index in [1.54, 1.807) is 24.3 Å². The minimum atomic E-state index is -3.13. The summed E-state index contributed by atoms with van der Waals surface area (Å²) in [7, 11) is -3.13. The van der Waals surface area contributed by atoms with Gasteiger partial charge < -0.3 is 9.73 Å². The number of hydrogen-bond donors (Lipinski definition) is 1. The second-order valence-electron chi connectivity index (χ2n) is 4.16. The van der Waals surface area contributed by atoms with E-state index in [2.05, 4.69) is 5.32 Å². The zero-order valence-corrected chi connectivity index (χ0v) is 11.1. The summed E-state index contributed by atoms with van der Waals surface area (Å²) < 4.78 is 28.0. The minimum absolute atomic E-state index is 0.321. The minimum Gasteiger partial charge on any atom is -0.465 e. The predicted molar refractivity (Wildman–Crippen MR) is 70.3 cm³/mol. The molecule has 0 radical (unpaired) electrons. The van der Waals surface area contributed by atoms with Gasteiger partial charge in [-0.05, 0) is 43.3 Å². The lowest BCUT2D eigenvalue weighted by Gasteiger charge is -2.05. The molecule has 2 aromatic rings. The molecule has 5 heteroatoms. The lowest BCUT2D eigenvalue weighted by molar-refractivity contribution is 0.490. The summed E-state index contributed by atoms with van der Waals surface area (Å²) in [4.78, 5) is 0.321. The molecule has 0 aliphatic carbocycles. The molecule has 0 unspecified atom stereocenters. The van der Waals surface area contributed by atoms with E-state index in [0.29, 0.717) is 11.4 Å². The first-order chi connectivity index (χ1) is 8.45. The van der Waals surface area contributed by atoms with Crippen LogP contribution in [-0.4, -0.2) is 14.7 Å². The van der Waals surface area contributed by atoms with E-state index in [0.717, 1.165) is 17.2 Å². The van der Waals surface area contributed by atoms with Crippen LogP contribution >= 0.6 is 0 Å². The van der Waals surface area contributed by atoms with Crippen molar-refractivity contribution in [3.05, 3.63) is 47.9 Å². The van der Waals surface area contributed by atoms with Gasteiger partial charge in [-0.15, -0.1) is 0 Å². The first-order valence-electron chi connectivity index (χ1n) is 5.54. The van der Waals surface area contributed by atoms with E-state index in [9.17, 15) is 8.42 Å². The summed E-state index contributed by atoms with van der Waals surface area (Å²) in [6.45, 7) is 2.47. The summed E-state index contributed by atoms with van der Waals surface area (Å²) in [5.41, 5.74) is 0.858. The SMILES string of the molecule is Cc1ccc(CNc2ccc(S(C)(=O)=O)cc2)o1. The first kappa shape index (κ1) is 12.7. The van der Waals surface area contributed by atoms with E-state index < -0.39 is 9.84 Å². The van der Waals surface area contributed by atoms with Gasteiger partial charge in [-0.25, -0.2) is 8.42 Å². The van der Waals surface area contributed by atoms with Gasteiger partial charge in [0, 0.05) is 11.9 Å². The van der Waals surface area contributed by atoms with Gasteiger partial charge in [0.15, 0.2) is 9.84 Å². The van der Waals surface area contributed by atoms with E-state index in [1.165, 1.54) is 6.26 Å². The van der Waals surface area contributed by atoms with E-state index >= 15 is 0 Å². The van der Waals surface area contributed by atoms with Crippen molar-refractivity contribution >= 4 is 15.5 Å². The van der Waals surface area contributed by atoms with Gasteiger partial charge in [0.25, 0.3) is 0 Å². The molecule has 96 valence electrons. The van der Waals surface area contributed by atoms with Crippen LogP contribution < -0.4 is 5.32 Å². The van der Waals surface area contributed by atoms with Gasteiger partial charge in [0.05, 0.1) is 11.4 Å². The summed E-state index contributed by atoms with van der Waals surface area (Å²) in [5.74, 6) is 1.72. The van der Waals surface area contributed by atoms with E-state index in [1.807, 2.05) is 19.1 Å². The first-order valence-corrected chi connectivity index (χ1v) is 7.43. The lowest BCUT2D eigenvalue weighted by Crippen LogP contribution is -2.00. The van der Waals surface area contributed by atoms with Crippen LogP contribution in [0.5, 0.6) is 0 Å². The number of sulfone groups is 1. The second kappa shape index (κ2) is 4.86. The maximum atomic E-state index is 11.3. The van der Waals surface area contributed by atoms with Crippen LogP contribution in [0.1, 0.15) is 11.5 Å². The van der Waals surface area contributed by atoms with Crippen molar-refractivity contribution < 1.29 is 12.8 Å². The van der Waals surface area contributed by atoms with Crippen LogP contribution in [0.4, 0.5) is 5.69 Å². The highest BCUT2D eigenvalue weighted by molar-refractivity contribution is 7.90. The normalized spacial score (nSPS) is 11.4. The summed E-state index contributed by atoms with van der Waals surface area (Å²) in [6, 6.07) is 10.5. The number of furan rings is 1. The molecule has 0 aliphatic heterocycles. The number of rotatable bonds is 4. The van der Waals surface area contributed by atoms with Crippen molar-refractivity contribution in [2.24, 2.45) is 0 Å². The van der Waals surface area contributed by atoms with Crippen LogP contribution in [0.2, 0.25) is 0 Å². The maximum absolute atomic E-state index is 11.3. The largest absolute Gasteiger partial charge is 0.465 e. The Kier molecular flexibility index (Phi) is 3.43. The molecule has 4 nitrogen and oxygen atoms in total. The fourth-order valence-electron chi connectivity index (χ4n) is 1.59. The van der Waals surface area contributed by atoms with Crippen molar-refractivity contribution in [3.8, 4) is 0 Å². The van der Waals surface area contributed by atoms with Gasteiger partial charge in [-0.2, -0.15) is 0 Å². The van der Waals surface area contributed by atoms with Gasteiger partial charge in [-0.3, -0.25) is 0 Å². The van der Waals surface area contributed by atoms with Crippen molar-refractivity contribution in [1.82, 2.24) is 0 Å². The maximum Gasteiger partial charge on any atom is 0.175 e. The third-order valence-electron chi connectivity index (χ3n) is 2.55. The number of aryl methyl sites for hydroxylation is 1. The van der Waals surface area contributed by atoms with E-state index in [-0.39, 0.29) is 0 Å². The molecular formula is C13H15NO3S. The van der Waals surface area contributed by atoms with Crippen LogP contribution in [0.3, 0.4) is 0 Å². The van der Waals surface area contributed by atoms with Crippen molar-refractivity contribution in [3.63, 3.8) is 0 Å². The summed E-state index contributed by atoms with van der Waals surface area (Å²) in [6.07, 6.45) is 1.20. The van der Waals surface area contributed by atoms with Gasteiger partial charge >= 0.3 is 0 Å². The third kappa shape index (κ3) is 3.13. The summed E-state index contributed by atoms with van der Waals surface area (Å²) in [5, 5.41) is 3.16. The van der Waals surface area contributed by atoms with Crippen molar-refractivity contribution in [2.75, 3.05) is 11.6 Å². The van der Waals surface area contributed by atoms with E-state index in [4.69, 9.17) is 4.42 Å². The molecule has 18 heavy (non-hydrogen) atoms. The highest BCUT2D eigenvalue weighted by Gasteiger charge is 2.06. The zero-order valence-electron chi connectivity index (χ0n) is 10.3. The molecule has 0 aliphatic rings. The Morgan fingerprint density at radius 1 is 1.11 bits per heavy atom. The van der Waals surface area contributed by atoms with Gasteiger partial charge in [-0.1, -0.05) is 0 Å². The number of nitrogens with one attached hydrogen (secondary N) is 1. The molecule has 2 rings (SSSR count). The quantitative estimate of drug-likeness (QED) is 0.923. The van der Waals surface area contributed by atoms with Gasteiger partial charge in [0.1, 0.15) is 11.5 Å². The standard InChI is InChI=1S/C13H15NO3S/c1-10-3-6-12(17-10)9-14-11-4-7-13(8-5-11)18(2,15)16/h3-8,14H,9H2,1-2H3. The average molecular weight is 265 g/mol. The zero-order chi connectivity index (χ0) is 13.2. The summed E-state index contributed by atoms with van der Waals surface area (Å²) >= 11 is 0. The molecule has 0 bridgehead atoms. The topological polar surface area (TPSA) is 59.3 Å². The average Bonchev–Trinajstić information content (AvgIpc) is 2.72. The smallest absolute Gasteiger partial charge is 0.175 e. The molecule has 0 spiro atoms. The Labute approximate surface area is 107 Å². The monoisotopic (exact) mass is 265 g/mol. The Balaban J connectivity index is 2.03. The Bertz CT molecular complexity index is 627. The molecule has 0 fully saturated rings. The van der Waals surface area contributed by atoms with Crippen LogP contribution in [0.25, 0.3) is 0 Å². The Hall–Kier alpha value is -1.75. The van der Waals surface area contributed by atoms with Crippen molar-refractivity contribution in [2.45, 2.75) is 18.4 Å². The molecule has 1 aromatic carbocycles. The number of hydrogen-bond acceptors (Lipinski definition) is 4. The molecular weight excluding hydrogens is 250 g/mol. The third-order valence-corrected chi connectivity index (χ3v) is 3.67. The predicted octanol–water partition coefficient (Wildman–Crippen LogP) is 2.60. The number of anilines is 1. The molecule has 1 aromatic heterocycles. The fourth-order valence-corrected chi connectivity index (χ4v) is 2.22. The number of benzene rings is 1. The molecule has 0 atom stereocenters. The molecule has 0 saturated carbocycles. The fraction of sp³-hybridized carbons (Fsp3) is 0.231. The highest BCUT2D eigenvalue weighted by Crippen LogP contribution is 2.15. The van der Waals surface area contributed by atoms with Crippen LogP contribution in [0.15, 0.2) is 45.7 Å². The Morgan fingerprint density at radius 3 is 2.28 bits per heavy atom. The van der Waals surface area contributed by atoms with Crippen molar-refractivity contribution in [1.29, 1.82) is 0 Å². The molecule has 0 saturated heterocycles. The molecule has 1 heterocycles. The molecule has 0 amide bonds. The van der Waals surface area contributed by atoms with Crippen LogP contribution in [-0.2, 0) is 16.4 Å². The van der Waals surface area contributed by atoms with Crippen LogP contribution in [0, 0.1) is 6.92 Å². The lowest BCUT2D eigenvalue weighted by atomic mass is 10.3. The van der Waals surface area contributed by atoms with Gasteiger partial charge in [0.2, 0.25) is 0 Å². The highest BCUT2D eigenvalue weighted by atomic mass is 32.2.